The Bertz CT molecular complexity index is 897. The number of halogens is 1. The Morgan fingerprint density at radius 1 is 1.04 bits per heavy atom. The van der Waals surface area contributed by atoms with E-state index in [-0.39, 0.29) is 6.10 Å². The highest BCUT2D eigenvalue weighted by Gasteiger charge is 2.05. The summed E-state index contributed by atoms with van der Waals surface area (Å²) in [7, 11) is 0. The third kappa shape index (κ3) is 5.59. The van der Waals surface area contributed by atoms with E-state index in [9.17, 15) is 0 Å². The molecule has 2 aromatic carbocycles. The lowest BCUT2D eigenvalue weighted by Gasteiger charge is -2.12. The lowest BCUT2D eigenvalue weighted by molar-refractivity contribution is 0.242. The van der Waals surface area contributed by atoms with Gasteiger partial charge >= 0.3 is 0 Å². The average Bonchev–Trinajstić information content (AvgIpc) is 2.62. The van der Waals surface area contributed by atoms with Crippen LogP contribution in [0.25, 0.3) is 0 Å². The van der Waals surface area contributed by atoms with E-state index in [2.05, 4.69) is 20.6 Å². The second kappa shape index (κ2) is 8.73. The maximum Gasteiger partial charge on any atom is 0.225 e. The van der Waals surface area contributed by atoms with Gasteiger partial charge in [-0.05, 0) is 56.7 Å². The van der Waals surface area contributed by atoms with Crippen molar-refractivity contribution in [1.29, 1.82) is 0 Å². The van der Waals surface area contributed by atoms with Gasteiger partial charge < -0.3 is 15.4 Å². The monoisotopic (exact) mass is 382 g/mol. The van der Waals surface area contributed by atoms with Crippen molar-refractivity contribution in [2.24, 2.45) is 0 Å². The standard InChI is InChI=1S/C21H23ClN4O/c1-14(2)27-18-10-8-17(9-11-18)25-20-12-15(3)24-21(26-20)23-13-16-6-4-5-7-19(16)22/h4-12,14H,13H2,1-3H3,(H2,23,24,25,26). The molecular formula is C21H23ClN4O. The molecule has 2 N–H and O–H groups in total. The van der Waals surface area contributed by atoms with Crippen LogP contribution in [0.5, 0.6) is 5.75 Å². The first-order valence-corrected chi connectivity index (χ1v) is 9.24. The van der Waals surface area contributed by atoms with E-state index >= 15 is 0 Å². The summed E-state index contributed by atoms with van der Waals surface area (Å²) in [5.74, 6) is 2.12. The highest BCUT2D eigenvalue weighted by atomic mass is 35.5. The molecule has 1 heterocycles. The molecule has 3 rings (SSSR count). The Hall–Kier alpha value is -2.79. The molecule has 27 heavy (non-hydrogen) atoms. The molecule has 0 spiro atoms. The van der Waals surface area contributed by atoms with Crippen LogP contribution in [0.4, 0.5) is 17.5 Å². The van der Waals surface area contributed by atoms with Gasteiger partial charge in [0, 0.05) is 29.0 Å². The van der Waals surface area contributed by atoms with Crippen LogP contribution in [0.3, 0.4) is 0 Å². The smallest absolute Gasteiger partial charge is 0.225 e. The SMILES string of the molecule is Cc1cc(Nc2ccc(OC(C)C)cc2)nc(NCc2ccccc2Cl)n1. The number of ether oxygens (including phenoxy) is 1. The van der Waals surface area contributed by atoms with Crippen LogP contribution in [0.15, 0.2) is 54.6 Å². The zero-order valence-corrected chi connectivity index (χ0v) is 16.4. The van der Waals surface area contributed by atoms with Gasteiger partial charge in [-0.1, -0.05) is 29.8 Å². The summed E-state index contributed by atoms with van der Waals surface area (Å²) < 4.78 is 5.67. The molecular weight excluding hydrogens is 360 g/mol. The quantitative estimate of drug-likeness (QED) is 0.558. The maximum atomic E-state index is 6.20. The van der Waals surface area contributed by atoms with Gasteiger partial charge in [-0.25, -0.2) is 4.98 Å². The van der Waals surface area contributed by atoms with Crippen LogP contribution in [0, 0.1) is 6.92 Å². The van der Waals surface area contributed by atoms with E-state index < -0.39 is 0 Å². The molecule has 0 aliphatic heterocycles. The van der Waals surface area contributed by atoms with Gasteiger partial charge in [-0.2, -0.15) is 4.98 Å². The summed E-state index contributed by atoms with van der Waals surface area (Å²) >= 11 is 6.20. The molecule has 0 aliphatic rings. The van der Waals surface area contributed by atoms with Gasteiger partial charge in [0.15, 0.2) is 0 Å². The molecule has 140 valence electrons. The highest BCUT2D eigenvalue weighted by molar-refractivity contribution is 6.31. The molecule has 0 saturated carbocycles. The van der Waals surface area contributed by atoms with Crippen LogP contribution in [-0.4, -0.2) is 16.1 Å². The summed E-state index contributed by atoms with van der Waals surface area (Å²) in [4.78, 5) is 8.98. The van der Waals surface area contributed by atoms with Crippen molar-refractivity contribution in [2.75, 3.05) is 10.6 Å². The molecule has 0 aliphatic carbocycles. The van der Waals surface area contributed by atoms with Gasteiger partial charge in [-0.3, -0.25) is 0 Å². The number of nitrogens with zero attached hydrogens (tertiary/aromatic N) is 2. The first-order chi connectivity index (χ1) is 13.0. The van der Waals surface area contributed by atoms with E-state index in [1.807, 2.05) is 75.4 Å². The van der Waals surface area contributed by atoms with Crippen LogP contribution >= 0.6 is 11.6 Å². The van der Waals surface area contributed by atoms with Crippen molar-refractivity contribution in [1.82, 2.24) is 9.97 Å². The zero-order chi connectivity index (χ0) is 19.2. The van der Waals surface area contributed by atoms with Crippen molar-refractivity contribution >= 4 is 29.1 Å². The lowest BCUT2D eigenvalue weighted by atomic mass is 10.2. The summed E-state index contributed by atoms with van der Waals surface area (Å²) in [5, 5.41) is 7.26. The Kier molecular flexibility index (Phi) is 6.14. The molecule has 0 unspecified atom stereocenters. The number of hydrogen-bond donors (Lipinski definition) is 2. The molecule has 5 nitrogen and oxygen atoms in total. The van der Waals surface area contributed by atoms with Crippen molar-refractivity contribution in [3.8, 4) is 5.75 Å². The van der Waals surface area contributed by atoms with Crippen LogP contribution < -0.4 is 15.4 Å². The number of rotatable bonds is 7. The minimum atomic E-state index is 0.153. The Morgan fingerprint density at radius 3 is 2.48 bits per heavy atom. The molecule has 0 atom stereocenters. The number of hydrogen-bond acceptors (Lipinski definition) is 5. The van der Waals surface area contributed by atoms with Crippen LogP contribution in [0.1, 0.15) is 25.1 Å². The highest BCUT2D eigenvalue weighted by Crippen LogP contribution is 2.21. The van der Waals surface area contributed by atoms with Gasteiger partial charge in [-0.15, -0.1) is 0 Å². The molecule has 3 aromatic rings. The fraction of sp³-hybridized carbons (Fsp3) is 0.238. The van der Waals surface area contributed by atoms with Gasteiger partial charge in [0.25, 0.3) is 0 Å². The van der Waals surface area contributed by atoms with Crippen LogP contribution in [0.2, 0.25) is 5.02 Å². The van der Waals surface area contributed by atoms with Gasteiger partial charge in [0.05, 0.1) is 6.10 Å². The summed E-state index contributed by atoms with van der Waals surface area (Å²) in [6.07, 6.45) is 0.153. The predicted molar refractivity (Wildman–Crippen MR) is 111 cm³/mol. The molecule has 0 saturated heterocycles. The lowest BCUT2D eigenvalue weighted by Crippen LogP contribution is -2.07. The van der Waals surface area contributed by atoms with Gasteiger partial charge in [0.2, 0.25) is 5.95 Å². The fourth-order valence-corrected chi connectivity index (χ4v) is 2.77. The summed E-state index contributed by atoms with van der Waals surface area (Å²) in [6.45, 7) is 6.51. The Labute approximate surface area is 164 Å². The van der Waals surface area contributed by atoms with E-state index in [1.54, 1.807) is 0 Å². The topological polar surface area (TPSA) is 59.1 Å². The average molecular weight is 383 g/mol. The summed E-state index contributed by atoms with van der Waals surface area (Å²) in [5.41, 5.74) is 2.80. The second-order valence-electron chi connectivity index (χ2n) is 6.48. The molecule has 6 heteroatoms. The fourth-order valence-electron chi connectivity index (χ4n) is 2.56. The number of aromatic nitrogens is 2. The normalized spacial score (nSPS) is 10.7. The van der Waals surface area contributed by atoms with E-state index in [1.165, 1.54) is 0 Å². The molecule has 0 bridgehead atoms. The third-order valence-corrected chi connectivity index (χ3v) is 4.12. The Balaban J connectivity index is 1.68. The molecule has 0 amide bonds. The zero-order valence-electron chi connectivity index (χ0n) is 15.7. The van der Waals surface area contributed by atoms with E-state index in [0.717, 1.165) is 33.5 Å². The van der Waals surface area contributed by atoms with Crippen molar-refractivity contribution in [3.63, 3.8) is 0 Å². The summed E-state index contributed by atoms with van der Waals surface area (Å²) in [6, 6.07) is 17.4. The second-order valence-corrected chi connectivity index (χ2v) is 6.89. The predicted octanol–water partition coefficient (Wildman–Crippen LogP) is 5.58. The van der Waals surface area contributed by atoms with E-state index in [4.69, 9.17) is 16.3 Å². The number of aryl methyl sites for hydroxylation is 1. The number of nitrogens with one attached hydrogen (secondary N) is 2. The van der Waals surface area contributed by atoms with Crippen molar-refractivity contribution in [3.05, 3.63) is 70.9 Å². The minimum absolute atomic E-state index is 0.153. The number of anilines is 3. The molecule has 1 aromatic heterocycles. The first kappa shape index (κ1) is 19.0. The molecule has 0 radical (unpaired) electrons. The minimum Gasteiger partial charge on any atom is -0.491 e. The third-order valence-electron chi connectivity index (χ3n) is 3.75. The largest absolute Gasteiger partial charge is 0.491 e. The first-order valence-electron chi connectivity index (χ1n) is 8.86. The van der Waals surface area contributed by atoms with E-state index in [0.29, 0.717) is 12.5 Å². The maximum absolute atomic E-state index is 6.20. The molecule has 0 fully saturated rings. The Morgan fingerprint density at radius 2 is 1.78 bits per heavy atom. The number of benzene rings is 2. The van der Waals surface area contributed by atoms with Crippen molar-refractivity contribution in [2.45, 2.75) is 33.4 Å². The van der Waals surface area contributed by atoms with Crippen LogP contribution in [-0.2, 0) is 6.54 Å². The van der Waals surface area contributed by atoms with Gasteiger partial charge in [0.1, 0.15) is 11.6 Å². The van der Waals surface area contributed by atoms with Crippen molar-refractivity contribution < 1.29 is 4.74 Å².